The molecule has 2 N–H and O–H groups in total. The molecule has 0 saturated heterocycles. The molecule has 1 saturated carbocycles. The summed E-state index contributed by atoms with van der Waals surface area (Å²) in [6.45, 7) is 2.14. The Morgan fingerprint density at radius 3 is 2.67 bits per heavy atom. The smallest absolute Gasteiger partial charge is 0.314 e. The molecule has 2 heterocycles. The van der Waals surface area contributed by atoms with Gasteiger partial charge < -0.3 is 10.6 Å². The van der Waals surface area contributed by atoms with Gasteiger partial charge in [-0.1, -0.05) is 38.0 Å². The van der Waals surface area contributed by atoms with Gasteiger partial charge in [-0.2, -0.15) is 16.9 Å². The van der Waals surface area contributed by atoms with Crippen molar-refractivity contribution in [3.8, 4) is 5.69 Å². The van der Waals surface area contributed by atoms with Gasteiger partial charge in [0.15, 0.2) is 0 Å². The Balaban J connectivity index is 1.53. The zero-order chi connectivity index (χ0) is 18.8. The highest BCUT2D eigenvalue weighted by atomic mass is 32.2. The van der Waals surface area contributed by atoms with Crippen molar-refractivity contribution in [2.24, 2.45) is 5.92 Å². The summed E-state index contributed by atoms with van der Waals surface area (Å²) in [6, 6.07) is 9.76. The van der Waals surface area contributed by atoms with Gasteiger partial charge in [0.1, 0.15) is 5.82 Å². The highest BCUT2D eigenvalue weighted by Gasteiger charge is 2.29. The fourth-order valence-corrected chi connectivity index (χ4v) is 4.86. The molecule has 0 spiro atoms. The van der Waals surface area contributed by atoms with Crippen molar-refractivity contribution >= 4 is 29.4 Å². The van der Waals surface area contributed by atoms with Crippen LogP contribution in [0.25, 0.3) is 5.69 Å². The molecule has 7 heteroatoms. The second kappa shape index (κ2) is 7.76. The minimum Gasteiger partial charge on any atom is -0.345 e. The van der Waals surface area contributed by atoms with Crippen molar-refractivity contribution in [2.45, 2.75) is 50.2 Å². The van der Waals surface area contributed by atoms with Gasteiger partial charge in [-0.25, -0.2) is 4.68 Å². The summed E-state index contributed by atoms with van der Waals surface area (Å²) in [6.07, 6.45) is 4.33. The predicted molar refractivity (Wildman–Crippen MR) is 107 cm³/mol. The third kappa shape index (κ3) is 3.74. The molecule has 142 valence electrons. The van der Waals surface area contributed by atoms with Gasteiger partial charge in [0.2, 0.25) is 0 Å². The van der Waals surface area contributed by atoms with Crippen LogP contribution in [-0.4, -0.2) is 27.6 Å². The molecule has 2 amide bonds. The van der Waals surface area contributed by atoms with Gasteiger partial charge in [-0.05, 0) is 30.9 Å². The first-order valence-corrected chi connectivity index (χ1v) is 10.6. The molecule has 2 aliphatic rings. The monoisotopic (exact) mass is 384 g/mol. The van der Waals surface area contributed by atoms with E-state index in [0.717, 1.165) is 47.7 Å². The van der Waals surface area contributed by atoms with E-state index < -0.39 is 11.8 Å². The zero-order valence-electron chi connectivity index (χ0n) is 15.4. The number of benzene rings is 1. The number of carbonyl (C=O) groups is 2. The van der Waals surface area contributed by atoms with Crippen LogP contribution < -0.4 is 10.6 Å². The fourth-order valence-electron chi connectivity index (χ4n) is 3.83. The number of nitrogens with zero attached hydrogens (tertiary/aromatic N) is 2. The van der Waals surface area contributed by atoms with E-state index in [1.807, 2.05) is 30.3 Å². The number of aromatic nitrogens is 2. The van der Waals surface area contributed by atoms with Crippen molar-refractivity contribution in [1.29, 1.82) is 0 Å². The van der Waals surface area contributed by atoms with Crippen LogP contribution >= 0.6 is 11.8 Å². The average Bonchev–Trinajstić information content (AvgIpc) is 3.27. The summed E-state index contributed by atoms with van der Waals surface area (Å²) in [4.78, 5) is 25.1. The highest BCUT2D eigenvalue weighted by molar-refractivity contribution is 7.98. The van der Waals surface area contributed by atoms with Gasteiger partial charge in [0, 0.05) is 23.1 Å². The Morgan fingerprint density at radius 2 is 1.89 bits per heavy atom. The third-order valence-electron chi connectivity index (χ3n) is 5.42. The second-order valence-electron chi connectivity index (χ2n) is 7.31. The summed E-state index contributed by atoms with van der Waals surface area (Å²) in [5, 5.41) is 10.4. The molecule has 6 nitrogen and oxygen atoms in total. The van der Waals surface area contributed by atoms with E-state index >= 15 is 0 Å². The van der Waals surface area contributed by atoms with Gasteiger partial charge in [0.25, 0.3) is 0 Å². The highest BCUT2D eigenvalue weighted by Crippen LogP contribution is 2.36. The lowest BCUT2D eigenvalue weighted by atomic mass is 9.86. The van der Waals surface area contributed by atoms with E-state index in [1.165, 1.54) is 6.42 Å². The van der Waals surface area contributed by atoms with Crippen LogP contribution in [0.5, 0.6) is 0 Å². The number of hydrogen-bond acceptors (Lipinski definition) is 4. The van der Waals surface area contributed by atoms with Crippen LogP contribution in [0.15, 0.2) is 30.3 Å². The Bertz CT molecular complexity index is 849. The molecular weight excluding hydrogens is 360 g/mol. The maximum absolute atomic E-state index is 12.6. The van der Waals surface area contributed by atoms with Crippen LogP contribution in [0.1, 0.15) is 43.9 Å². The van der Waals surface area contributed by atoms with Crippen molar-refractivity contribution in [1.82, 2.24) is 15.1 Å². The first-order chi connectivity index (χ1) is 13.1. The predicted octanol–water partition coefficient (Wildman–Crippen LogP) is 3.25. The lowest BCUT2D eigenvalue weighted by Gasteiger charge is -2.29. The molecule has 4 rings (SSSR count). The normalized spacial score (nSPS) is 21.5. The molecule has 1 aliphatic heterocycles. The number of para-hydroxylation sites is 1. The minimum atomic E-state index is -0.621. The number of amides is 2. The van der Waals surface area contributed by atoms with Crippen molar-refractivity contribution in [3.05, 3.63) is 41.6 Å². The van der Waals surface area contributed by atoms with E-state index in [4.69, 9.17) is 0 Å². The number of nitrogens with one attached hydrogen (secondary N) is 2. The van der Waals surface area contributed by atoms with Gasteiger partial charge in [0.05, 0.1) is 11.4 Å². The van der Waals surface area contributed by atoms with Gasteiger partial charge in [-0.3, -0.25) is 9.59 Å². The second-order valence-corrected chi connectivity index (χ2v) is 8.30. The molecule has 0 radical (unpaired) electrons. The number of anilines is 1. The van der Waals surface area contributed by atoms with Crippen LogP contribution in [0.4, 0.5) is 5.82 Å². The number of thioether (sulfide) groups is 1. The quantitative estimate of drug-likeness (QED) is 0.797. The molecule has 1 aromatic heterocycles. The fraction of sp³-hybridized carbons (Fsp3) is 0.450. The Kier molecular flexibility index (Phi) is 5.20. The molecule has 27 heavy (non-hydrogen) atoms. The maximum Gasteiger partial charge on any atom is 0.314 e. The Hall–Kier alpha value is -2.28. The van der Waals surface area contributed by atoms with Crippen LogP contribution in [0.3, 0.4) is 0 Å². The summed E-state index contributed by atoms with van der Waals surface area (Å²) >= 11 is 1.76. The number of carbonyl (C=O) groups excluding carboxylic acids is 2. The molecule has 2 aromatic rings. The van der Waals surface area contributed by atoms with E-state index in [0.29, 0.717) is 11.7 Å². The van der Waals surface area contributed by atoms with Gasteiger partial charge in [-0.15, -0.1) is 0 Å². The zero-order valence-corrected chi connectivity index (χ0v) is 16.2. The summed E-state index contributed by atoms with van der Waals surface area (Å²) in [7, 11) is 0. The molecule has 1 aliphatic carbocycles. The molecule has 2 atom stereocenters. The average molecular weight is 385 g/mol. The van der Waals surface area contributed by atoms with Crippen molar-refractivity contribution in [2.75, 3.05) is 5.32 Å². The first-order valence-electron chi connectivity index (χ1n) is 9.49. The molecule has 0 bridgehead atoms. The number of hydrogen-bond donors (Lipinski definition) is 2. The van der Waals surface area contributed by atoms with Crippen molar-refractivity contribution in [3.63, 3.8) is 0 Å². The van der Waals surface area contributed by atoms with Crippen molar-refractivity contribution < 1.29 is 9.59 Å². The minimum absolute atomic E-state index is 0.0808. The molecular formula is C20H24N4O2S. The summed E-state index contributed by atoms with van der Waals surface area (Å²) in [5.74, 6) is 1.45. The SMILES string of the molecule is C[C@@H]1CCCC[C@@H]1NC(=O)C(=O)Nc1c2c(nn1-c1ccccc1)CSC2. The maximum atomic E-state index is 12.6. The van der Waals surface area contributed by atoms with E-state index in [1.54, 1.807) is 16.4 Å². The lowest BCUT2D eigenvalue weighted by molar-refractivity contribution is -0.137. The lowest BCUT2D eigenvalue weighted by Crippen LogP contribution is -2.46. The van der Waals surface area contributed by atoms with Crippen LogP contribution in [-0.2, 0) is 21.1 Å². The van der Waals surface area contributed by atoms with E-state index in [9.17, 15) is 9.59 Å². The Morgan fingerprint density at radius 1 is 1.11 bits per heavy atom. The standard InChI is InChI=1S/C20H24N4O2S/c1-13-7-5-6-10-16(13)21-19(25)20(26)22-18-15-11-27-12-17(15)23-24(18)14-8-3-2-4-9-14/h2-4,8-9,13,16H,5-7,10-12H2,1H3,(H,21,25)(H,22,26)/t13-,16+/m1/s1. The summed E-state index contributed by atoms with van der Waals surface area (Å²) < 4.78 is 1.73. The molecule has 0 unspecified atom stereocenters. The van der Waals surface area contributed by atoms with Gasteiger partial charge >= 0.3 is 11.8 Å². The first kappa shape index (κ1) is 18.1. The third-order valence-corrected chi connectivity index (χ3v) is 6.39. The van der Waals surface area contributed by atoms with Crippen LogP contribution in [0.2, 0.25) is 0 Å². The Labute approximate surface area is 163 Å². The molecule has 1 fully saturated rings. The topological polar surface area (TPSA) is 76.0 Å². The number of rotatable bonds is 3. The summed E-state index contributed by atoms with van der Waals surface area (Å²) in [5.41, 5.74) is 2.85. The largest absolute Gasteiger partial charge is 0.345 e. The molecule has 1 aromatic carbocycles. The van der Waals surface area contributed by atoms with Crippen LogP contribution in [0, 0.1) is 5.92 Å². The van der Waals surface area contributed by atoms with E-state index in [-0.39, 0.29) is 6.04 Å². The number of fused-ring (bicyclic) bond motifs is 1. The van der Waals surface area contributed by atoms with E-state index in [2.05, 4.69) is 22.7 Å².